The molecule has 2 rings (SSSR count). The Hall–Kier alpha value is -2.07. The predicted octanol–water partition coefficient (Wildman–Crippen LogP) is 4.23. The number of thiocarbonyl (C=S) groups is 1. The van der Waals surface area contributed by atoms with E-state index in [1.807, 2.05) is 25.1 Å². The zero-order valence-electron chi connectivity index (χ0n) is 14.0. The first-order chi connectivity index (χ1) is 11.1. The van der Waals surface area contributed by atoms with Crippen LogP contribution in [-0.4, -0.2) is 18.3 Å². The Morgan fingerprint density at radius 2 is 1.78 bits per heavy atom. The highest BCUT2D eigenvalue weighted by molar-refractivity contribution is 7.80. The van der Waals surface area contributed by atoms with Gasteiger partial charge in [0.25, 0.3) is 0 Å². The Labute approximate surface area is 144 Å². The molecule has 0 amide bonds. The summed E-state index contributed by atoms with van der Waals surface area (Å²) in [5, 5.41) is 7.12. The van der Waals surface area contributed by atoms with Crippen LogP contribution in [0.1, 0.15) is 23.6 Å². The minimum Gasteiger partial charge on any atom is -0.494 e. The van der Waals surface area contributed by atoms with E-state index in [0.29, 0.717) is 11.7 Å². The van der Waals surface area contributed by atoms with E-state index < -0.39 is 0 Å². The van der Waals surface area contributed by atoms with E-state index in [1.165, 1.54) is 16.7 Å². The first kappa shape index (κ1) is 17.3. The molecule has 0 unspecified atom stereocenters. The molecule has 2 N–H and O–H groups in total. The predicted molar refractivity (Wildman–Crippen MR) is 101 cm³/mol. The monoisotopic (exact) mass is 328 g/mol. The normalized spacial score (nSPS) is 10.2. The Balaban J connectivity index is 1.76. The summed E-state index contributed by atoms with van der Waals surface area (Å²) in [6, 6.07) is 14.4. The maximum Gasteiger partial charge on any atom is 0.170 e. The minimum absolute atomic E-state index is 0.652. The maximum atomic E-state index is 5.44. The second-order valence-electron chi connectivity index (χ2n) is 5.51. The van der Waals surface area contributed by atoms with Crippen molar-refractivity contribution < 1.29 is 4.74 Å². The molecule has 0 heterocycles. The third kappa shape index (κ3) is 5.57. The van der Waals surface area contributed by atoms with E-state index in [1.54, 1.807) is 0 Å². The molecule has 0 atom stereocenters. The Morgan fingerprint density at radius 1 is 1.04 bits per heavy atom. The second kappa shape index (κ2) is 8.53. The number of benzene rings is 2. The molecule has 0 spiro atoms. The van der Waals surface area contributed by atoms with Gasteiger partial charge >= 0.3 is 0 Å². The molecule has 0 aromatic heterocycles. The molecular weight excluding hydrogens is 304 g/mol. The van der Waals surface area contributed by atoms with Crippen molar-refractivity contribution in [3.8, 4) is 5.75 Å². The van der Waals surface area contributed by atoms with Gasteiger partial charge in [-0.05, 0) is 80.4 Å². The largest absolute Gasteiger partial charge is 0.494 e. The minimum atomic E-state index is 0.652. The van der Waals surface area contributed by atoms with Crippen LogP contribution in [0, 0.1) is 13.8 Å². The van der Waals surface area contributed by atoms with Crippen molar-refractivity contribution in [1.29, 1.82) is 0 Å². The average molecular weight is 328 g/mol. The van der Waals surface area contributed by atoms with Gasteiger partial charge < -0.3 is 15.4 Å². The molecule has 0 aliphatic heterocycles. The summed E-state index contributed by atoms with van der Waals surface area (Å²) in [5.74, 6) is 0.913. The van der Waals surface area contributed by atoms with E-state index in [9.17, 15) is 0 Å². The van der Waals surface area contributed by atoms with Crippen molar-refractivity contribution >= 4 is 23.0 Å². The summed E-state index contributed by atoms with van der Waals surface area (Å²) in [5.41, 5.74) is 4.82. The van der Waals surface area contributed by atoms with Crippen molar-refractivity contribution in [2.24, 2.45) is 0 Å². The Morgan fingerprint density at radius 3 is 2.43 bits per heavy atom. The fourth-order valence-corrected chi connectivity index (χ4v) is 2.45. The van der Waals surface area contributed by atoms with Crippen LogP contribution in [0.25, 0.3) is 0 Å². The first-order valence-corrected chi connectivity index (χ1v) is 8.33. The van der Waals surface area contributed by atoms with Crippen LogP contribution in [0.15, 0.2) is 42.5 Å². The number of hydrogen-bond acceptors (Lipinski definition) is 2. The van der Waals surface area contributed by atoms with Crippen molar-refractivity contribution in [1.82, 2.24) is 5.32 Å². The van der Waals surface area contributed by atoms with Gasteiger partial charge in [-0.2, -0.15) is 0 Å². The van der Waals surface area contributed by atoms with Gasteiger partial charge in [0, 0.05) is 12.2 Å². The smallest absolute Gasteiger partial charge is 0.170 e. The summed E-state index contributed by atoms with van der Waals surface area (Å²) in [6.45, 7) is 7.68. The van der Waals surface area contributed by atoms with Gasteiger partial charge in [0.2, 0.25) is 0 Å². The second-order valence-corrected chi connectivity index (χ2v) is 5.92. The fourth-order valence-electron chi connectivity index (χ4n) is 2.23. The average Bonchev–Trinajstić information content (AvgIpc) is 2.53. The van der Waals surface area contributed by atoms with Crippen LogP contribution in [0.4, 0.5) is 5.69 Å². The van der Waals surface area contributed by atoms with Crippen LogP contribution < -0.4 is 15.4 Å². The molecule has 2 aromatic rings. The summed E-state index contributed by atoms with van der Waals surface area (Å²) in [6.07, 6.45) is 0.918. The molecule has 2 aromatic carbocycles. The lowest BCUT2D eigenvalue weighted by molar-refractivity contribution is 0.340. The van der Waals surface area contributed by atoms with Crippen LogP contribution in [0.5, 0.6) is 5.75 Å². The van der Waals surface area contributed by atoms with Crippen molar-refractivity contribution in [2.45, 2.75) is 27.2 Å². The van der Waals surface area contributed by atoms with Crippen LogP contribution in [0.3, 0.4) is 0 Å². The van der Waals surface area contributed by atoms with Crippen LogP contribution >= 0.6 is 12.2 Å². The summed E-state index contributed by atoms with van der Waals surface area (Å²) >= 11 is 5.34. The van der Waals surface area contributed by atoms with Gasteiger partial charge in [-0.3, -0.25) is 0 Å². The quantitative estimate of drug-likeness (QED) is 0.778. The van der Waals surface area contributed by atoms with Gasteiger partial charge in [0.05, 0.1) is 6.61 Å². The number of hydrogen-bond donors (Lipinski definition) is 2. The molecule has 0 saturated heterocycles. The topological polar surface area (TPSA) is 33.3 Å². The van der Waals surface area contributed by atoms with Gasteiger partial charge in [-0.25, -0.2) is 0 Å². The number of anilines is 1. The molecule has 23 heavy (non-hydrogen) atoms. The van der Waals surface area contributed by atoms with Crippen molar-refractivity contribution in [2.75, 3.05) is 18.5 Å². The van der Waals surface area contributed by atoms with Gasteiger partial charge in [0.1, 0.15) is 5.75 Å². The SMILES string of the molecule is CCOc1ccc(CCNC(=S)Nc2ccc(C)c(C)c2)cc1. The third-order valence-electron chi connectivity index (χ3n) is 3.70. The summed E-state index contributed by atoms with van der Waals surface area (Å²) in [7, 11) is 0. The molecule has 122 valence electrons. The van der Waals surface area contributed by atoms with Crippen molar-refractivity contribution in [3.63, 3.8) is 0 Å². The highest BCUT2D eigenvalue weighted by Crippen LogP contribution is 2.14. The van der Waals surface area contributed by atoms with E-state index in [0.717, 1.165) is 24.4 Å². The zero-order chi connectivity index (χ0) is 16.7. The fraction of sp³-hybridized carbons (Fsp3) is 0.316. The van der Waals surface area contributed by atoms with E-state index >= 15 is 0 Å². The highest BCUT2D eigenvalue weighted by atomic mass is 32.1. The molecule has 0 radical (unpaired) electrons. The molecule has 4 heteroatoms. The molecule has 3 nitrogen and oxygen atoms in total. The molecule has 0 bridgehead atoms. The molecular formula is C19H24N2OS. The number of ether oxygens (including phenoxy) is 1. The van der Waals surface area contributed by atoms with Crippen LogP contribution in [0.2, 0.25) is 0 Å². The third-order valence-corrected chi connectivity index (χ3v) is 3.94. The Bertz CT molecular complexity index is 653. The van der Waals surface area contributed by atoms with Gasteiger partial charge in [-0.1, -0.05) is 18.2 Å². The van der Waals surface area contributed by atoms with E-state index in [4.69, 9.17) is 17.0 Å². The molecule has 0 aliphatic carbocycles. The molecule has 0 saturated carbocycles. The lowest BCUT2D eigenvalue weighted by Crippen LogP contribution is -2.30. The highest BCUT2D eigenvalue weighted by Gasteiger charge is 2.00. The molecule has 0 fully saturated rings. The van der Waals surface area contributed by atoms with E-state index in [-0.39, 0.29) is 0 Å². The van der Waals surface area contributed by atoms with Gasteiger partial charge in [0.15, 0.2) is 5.11 Å². The first-order valence-electron chi connectivity index (χ1n) is 7.92. The van der Waals surface area contributed by atoms with E-state index in [2.05, 4.69) is 48.7 Å². The number of nitrogens with one attached hydrogen (secondary N) is 2. The van der Waals surface area contributed by atoms with Crippen molar-refractivity contribution in [3.05, 3.63) is 59.2 Å². The standard InChI is InChI=1S/C19H24N2OS/c1-4-22-18-9-6-16(7-10-18)11-12-20-19(23)21-17-8-5-14(2)15(3)13-17/h5-10,13H,4,11-12H2,1-3H3,(H2,20,21,23). The Kier molecular flexibility index (Phi) is 6.41. The number of aryl methyl sites for hydroxylation is 2. The zero-order valence-corrected chi connectivity index (χ0v) is 14.8. The number of rotatable bonds is 6. The maximum absolute atomic E-state index is 5.44. The summed E-state index contributed by atoms with van der Waals surface area (Å²) < 4.78 is 5.44. The lowest BCUT2D eigenvalue weighted by atomic mass is 10.1. The van der Waals surface area contributed by atoms with Gasteiger partial charge in [-0.15, -0.1) is 0 Å². The summed E-state index contributed by atoms with van der Waals surface area (Å²) in [4.78, 5) is 0. The molecule has 0 aliphatic rings. The lowest BCUT2D eigenvalue weighted by Gasteiger charge is -2.12. The van der Waals surface area contributed by atoms with Crippen LogP contribution in [-0.2, 0) is 6.42 Å².